The molecular formula is C24H19Cl2N3O6. The number of benzene rings is 2. The van der Waals surface area contributed by atoms with Gasteiger partial charge in [-0.15, -0.1) is 0 Å². The first kappa shape index (κ1) is 24.3. The second kappa shape index (κ2) is 9.81. The highest BCUT2D eigenvalue weighted by Crippen LogP contribution is 2.31. The molecule has 1 amide bonds. The van der Waals surface area contributed by atoms with E-state index in [0.29, 0.717) is 41.2 Å². The van der Waals surface area contributed by atoms with Gasteiger partial charge in [0.15, 0.2) is 0 Å². The van der Waals surface area contributed by atoms with E-state index in [4.69, 9.17) is 37.8 Å². The average molecular weight is 516 g/mol. The molecule has 1 aromatic heterocycles. The van der Waals surface area contributed by atoms with Gasteiger partial charge in [0.2, 0.25) is 0 Å². The van der Waals surface area contributed by atoms with Crippen molar-refractivity contribution in [2.24, 2.45) is 0 Å². The number of nitrogens with zero attached hydrogens (tertiary/aromatic N) is 2. The predicted octanol–water partition coefficient (Wildman–Crippen LogP) is 4.07. The van der Waals surface area contributed by atoms with Crippen molar-refractivity contribution < 1.29 is 24.2 Å². The first-order chi connectivity index (χ1) is 16.7. The molecule has 11 heteroatoms. The van der Waals surface area contributed by atoms with Crippen LogP contribution in [0.1, 0.15) is 17.8 Å². The van der Waals surface area contributed by atoms with Gasteiger partial charge in [0.05, 0.1) is 25.1 Å². The lowest BCUT2D eigenvalue weighted by Gasteiger charge is -2.09. The van der Waals surface area contributed by atoms with Gasteiger partial charge >= 0.3 is 5.97 Å². The van der Waals surface area contributed by atoms with Crippen LogP contribution in [0.15, 0.2) is 51.3 Å². The van der Waals surface area contributed by atoms with Gasteiger partial charge < -0.3 is 19.9 Å². The predicted molar refractivity (Wildman–Crippen MR) is 133 cm³/mol. The van der Waals surface area contributed by atoms with Crippen LogP contribution in [0.4, 0.5) is 5.69 Å². The topological polar surface area (TPSA) is 120 Å². The Labute approximate surface area is 209 Å². The molecule has 180 valence electrons. The van der Waals surface area contributed by atoms with Crippen molar-refractivity contribution in [3.05, 3.63) is 68.2 Å². The van der Waals surface area contributed by atoms with E-state index in [1.54, 1.807) is 30.9 Å². The van der Waals surface area contributed by atoms with Crippen LogP contribution in [0.2, 0.25) is 0 Å². The molecule has 1 aliphatic rings. The highest BCUT2D eigenvalue weighted by Gasteiger charge is 2.22. The third-order valence-corrected chi connectivity index (χ3v) is 6.21. The minimum Gasteiger partial charge on any atom is -0.497 e. The summed E-state index contributed by atoms with van der Waals surface area (Å²) in [7, 11) is 3.14. The number of hydrogen-bond acceptors (Lipinski definition) is 6. The molecule has 4 rings (SSSR count). The molecule has 0 spiro atoms. The van der Waals surface area contributed by atoms with E-state index in [1.165, 1.54) is 12.1 Å². The summed E-state index contributed by atoms with van der Waals surface area (Å²) >= 11 is 11.3. The van der Waals surface area contributed by atoms with E-state index in [-0.39, 0.29) is 11.2 Å². The van der Waals surface area contributed by atoms with E-state index in [0.717, 1.165) is 11.1 Å². The number of halogens is 2. The van der Waals surface area contributed by atoms with E-state index < -0.39 is 21.9 Å². The zero-order chi connectivity index (χ0) is 25.3. The number of ether oxygens (including phenoxy) is 2. The maximum absolute atomic E-state index is 13.1. The Hall–Kier alpha value is -3.82. The van der Waals surface area contributed by atoms with Crippen LogP contribution in [0.3, 0.4) is 0 Å². The van der Waals surface area contributed by atoms with Crippen molar-refractivity contribution >= 4 is 63.3 Å². The number of hydrogen-bond donors (Lipinski definition) is 2. The third kappa shape index (κ3) is 4.87. The third-order valence-electron chi connectivity index (χ3n) is 5.40. The molecule has 0 radical (unpaired) electrons. The molecule has 2 heterocycles. The largest absolute Gasteiger partial charge is 0.497 e. The van der Waals surface area contributed by atoms with Gasteiger partial charge in [-0.3, -0.25) is 14.2 Å². The summed E-state index contributed by atoms with van der Waals surface area (Å²) in [6.07, 6.45) is 2.53. The molecule has 2 aromatic carbocycles. The van der Waals surface area contributed by atoms with Crippen molar-refractivity contribution in [1.29, 1.82) is 0 Å². The van der Waals surface area contributed by atoms with Crippen LogP contribution >= 0.6 is 23.2 Å². The Morgan fingerprint density at radius 1 is 1.09 bits per heavy atom. The molecule has 0 bridgehead atoms. The average Bonchev–Trinajstić information content (AvgIpc) is 3.25. The summed E-state index contributed by atoms with van der Waals surface area (Å²) in [6, 6.07) is 10.0. The number of aliphatic carboxylic acids is 1. The van der Waals surface area contributed by atoms with Gasteiger partial charge in [-0.2, -0.15) is 0 Å². The molecule has 1 aliphatic heterocycles. The van der Waals surface area contributed by atoms with E-state index in [1.807, 2.05) is 18.2 Å². The number of nitrogens with one attached hydrogen (secondary N) is 1. The number of rotatable bonds is 6. The number of carbonyl (C=O) groups excluding carboxylic acids is 1. The van der Waals surface area contributed by atoms with Crippen LogP contribution in [0.25, 0.3) is 22.6 Å². The molecule has 0 fully saturated rings. The highest BCUT2D eigenvalue weighted by molar-refractivity contribution is 6.54. The molecule has 3 aromatic rings. The van der Waals surface area contributed by atoms with Gasteiger partial charge in [-0.05, 0) is 54.0 Å². The van der Waals surface area contributed by atoms with Gasteiger partial charge in [-0.25, -0.2) is 9.78 Å². The number of carboxylic acids is 1. The number of methoxy groups -OCH3 is 2. The molecular weight excluding hydrogens is 497 g/mol. The summed E-state index contributed by atoms with van der Waals surface area (Å²) in [4.78, 5) is 40.9. The van der Waals surface area contributed by atoms with Gasteiger partial charge in [-0.1, -0.05) is 23.2 Å². The SMILES string of the molecule is COc1cc(C=C2CCn3c2nc2cc(NC(=O)C(Cl)=C(Cl)C(=O)O)ccc2c3=O)cc(OC)c1. The number of carboxylic acid groups (broad SMARTS) is 1. The van der Waals surface area contributed by atoms with Crippen molar-refractivity contribution in [3.63, 3.8) is 0 Å². The Morgan fingerprint density at radius 3 is 2.40 bits per heavy atom. The number of carbonyl (C=O) groups is 2. The second-order valence-corrected chi connectivity index (χ2v) is 8.33. The molecule has 35 heavy (non-hydrogen) atoms. The lowest BCUT2D eigenvalue weighted by atomic mass is 10.1. The molecule has 0 unspecified atom stereocenters. The summed E-state index contributed by atoms with van der Waals surface area (Å²) in [6.45, 7) is 0.483. The van der Waals surface area contributed by atoms with Gasteiger partial charge in [0.25, 0.3) is 11.5 Å². The van der Waals surface area contributed by atoms with Gasteiger partial charge in [0, 0.05) is 18.3 Å². The molecule has 9 nitrogen and oxygen atoms in total. The summed E-state index contributed by atoms with van der Waals surface area (Å²) in [5, 5.41) is 10.3. The maximum atomic E-state index is 13.1. The molecule has 0 aliphatic carbocycles. The van der Waals surface area contributed by atoms with E-state index in [9.17, 15) is 14.4 Å². The standard InChI is InChI=1S/C24H19Cl2N3O6/c1-34-15-8-12(9-16(11-15)35-2)7-13-5-6-29-21(13)28-18-10-14(3-4-17(18)23(29)31)27-22(30)19(25)20(26)24(32)33/h3-4,7-11H,5-6H2,1-2H3,(H,27,30)(H,32,33). The smallest absolute Gasteiger partial charge is 0.349 e. The lowest BCUT2D eigenvalue weighted by molar-refractivity contribution is -0.132. The number of anilines is 1. The fraction of sp³-hybridized carbons (Fsp3) is 0.167. The zero-order valence-electron chi connectivity index (χ0n) is 18.6. The second-order valence-electron chi connectivity index (χ2n) is 7.58. The van der Waals surface area contributed by atoms with Crippen molar-refractivity contribution in [3.8, 4) is 11.5 Å². The fourth-order valence-corrected chi connectivity index (χ4v) is 3.94. The normalized spacial score (nSPS) is 14.5. The van der Waals surface area contributed by atoms with E-state index in [2.05, 4.69) is 10.3 Å². The van der Waals surface area contributed by atoms with Crippen molar-refractivity contribution in [2.45, 2.75) is 13.0 Å². The van der Waals surface area contributed by atoms with E-state index >= 15 is 0 Å². The molecule has 2 N–H and O–H groups in total. The van der Waals surface area contributed by atoms with Crippen LogP contribution in [0, 0.1) is 0 Å². The van der Waals surface area contributed by atoms with Crippen LogP contribution in [-0.4, -0.2) is 40.8 Å². The summed E-state index contributed by atoms with van der Waals surface area (Å²) in [5.41, 5.74) is 2.11. The van der Waals surface area contributed by atoms with Gasteiger partial charge in [0.1, 0.15) is 27.4 Å². The maximum Gasteiger partial charge on any atom is 0.349 e. The zero-order valence-corrected chi connectivity index (χ0v) is 20.1. The van der Waals surface area contributed by atoms with Crippen molar-refractivity contribution in [2.75, 3.05) is 19.5 Å². The molecule has 0 atom stereocenters. The minimum atomic E-state index is -1.52. The Morgan fingerprint density at radius 2 is 1.77 bits per heavy atom. The first-order valence-electron chi connectivity index (χ1n) is 10.3. The molecule has 0 saturated heterocycles. The quantitative estimate of drug-likeness (QED) is 0.474. The number of amides is 1. The number of fused-ring (bicyclic) bond motifs is 2. The summed E-state index contributed by atoms with van der Waals surface area (Å²) in [5.74, 6) is -0.643. The monoisotopic (exact) mass is 515 g/mol. The molecule has 0 saturated carbocycles. The summed E-state index contributed by atoms with van der Waals surface area (Å²) < 4.78 is 12.3. The minimum absolute atomic E-state index is 0.207. The fourth-order valence-electron chi connectivity index (χ4n) is 3.73. The number of allylic oxidation sites excluding steroid dienone is 1. The van der Waals surface area contributed by atoms with Crippen molar-refractivity contribution in [1.82, 2.24) is 9.55 Å². The highest BCUT2D eigenvalue weighted by atomic mass is 35.5. The van der Waals surface area contributed by atoms with Crippen LogP contribution in [-0.2, 0) is 16.1 Å². The number of aromatic nitrogens is 2. The Bertz CT molecular complexity index is 1470. The Balaban J connectivity index is 1.74. The Kier molecular flexibility index (Phi) is 6.81. The van der Waals surface area contributed by atoms with Crippen LogP contribution < -0.4 is 20.3 Å². The lowest BCUT2D eigenvalue weighted by Crippen LogP contribution is -2.21. The van der Waals surface area contributed by atoms with Crippen LogP contribution in [0.5, 0.6) is 11.5 Å². The first-order valence-corrected chi connectivity index (χ1v) is 11.1.